The molecule has 1 aromatic rings. The molecule has 0 radical (unpaired) electrons. The van der Waals surface area contributed by atoms with Gasteiger partial charge in [0.15, 0.2) is 0 Å². The minimum Gasteiger partial charge on any atom is -0.340 e. The Kier molecular flexibility index (Phi) is 6.02. The fraction of sp³-hybridized carbons (Fsp3) is 0.579. The van der Waals surface area contributed by atoms with E-state index in [0.29, 0.717) is 18.5 Å². The Morgan fingerprint density at radius 3 is 2.40 bits per heavy atom. The normalized spacial score (nSPS) is 18.4. The first-order valence-electron chi connectivity index (χ1n) is 9.20. The molecule has 2 fully saturated rings. The van der Waals surface area contributed by atoms with E-state index in [9.17, 15) is 14.0 Å². The van der Waals surface area contributed by atoms with E-state index in [1.165, 1.54) is 24.3 Å². The van der Waals surface area contributed by atoms with Crippen LogP contribution < -0.4 is 5.32 Å². The monoisotopic (exact) mass is 347 g/mol. The van der Waals surface area contributed by atoms with Crippen LogP contribution in [0.15, 0.2) is 24.3 Å². The van der Waals surface area contributed by atoms with Crippen molar-refractivity contribution in [2.45, 2.75) is 38.1 Å². The van der Waals surface area contributed by atoms with E-state index in [0.717, 1.165) is 51.9 Å². The van der Waals surface area contributed by atoms with Gasteiger partial charge in [-0.25, -0.2) is 4.39 Å². The molecule has 1 aromatic carbocycles. The van der Waals surface area contributed by atoms with E-state index < -0.39 is 0 Å². The van der Waals surface area contributed by atoms with Gasteiger partial charge in [-0.05, 0) is 37.1 Å². The summed E-state index contributed by atoms with van der Waals surface area (Å²) in [6.07, 6.45) is 4.54. The van der Waals surface area contributed by atoms with Gasteiger partial charge in [0.1, 0.15) is 5.82 Å². The van der Waals surface area contributed by atoms with Crippen LogP contribution in [0.5, 0.6) is 0 Å². The topological polar surface area (TPSA) is 52.7 Å². The second kappa shape index (κ2) is 8.43. The maximum absolute atomic E-state index is 13.1. The van der Waals surface area contributed by atoms with Gasteiger partial charge < -0.3 is 15.1 Å². The highest BCUT2D eigenvalue weighted by atomic mass is 19.1. The fourth-order valence-corrected chi connectivity index (χ4v) is 3.71. The first-order chi connectivity index (χ1) is 12.1. The molecule has 1 aliphatic heterocycles. The molecule has 0 spiro atoms. The molecule has 0 bridgehead atoms. The van der Waals surface area contributed by atoms with Crippen LogP contribution in [-0.4, -0.2) is 60.4 Å². The van der Waals surface area contributed by atoms with Gasteiger partial charge in [-0.1, -0.05) is 12.8 Å². The number of hydrogen-bond donors (Lipinski definition) is 1. The van der Waals surface area contributed by atoms with Gasteiger partial charge in [0.05, 0.1) is 0 Å². The first kappa shape index (κ1) is 17.9. The largest absolute Gasteiger partial charge is 0.340 e. The number of hydrogen-bond acceptors (Lipinski definition) is 3. The summed E-state index contributed by atoms with van der Waals surface area (Å²) in [5.41, 5.74) is 0.489. The van der Waals surface area contributed by atoms with Gasteiger partial charge in [-0.2, -0.15) is 0 Å². The van der Waals surface area contributed by atoms with Gasteiger partial charge >= 0.3 is 0 Å². The lowest BCUT2D eigenvalue weighted by molar-refractivity contribution is -0.132. The number of carbonyl (C=O) groups excluding carboxylic acids is 2. The molecule has 0 aromatic heterocycles. The number of nitrogens with zero attached hydrogens (tertiary/aromatic N) is 2. The summed E-state index contributed by atoms with van der Waals surface area (Å²) < 4.78 is 13.1. The van der Waals surface area contributed by atoms with E-state index in [2.05, 4.69) is 5.32 Å². The van der Waals surface area contributed by atoms with E-state index in [4.69, 9.17) is 0 Å². The highest BCUT2D eigenvalue weighted by molar-refractivity contribution is 5.94. The van der Waals surface area contributed by atoms with Crippen molar-refractivity contribution < 1.29 is 14.0 Å². The number of carbonyl (C=O) groups is 2. The molecule has 1 heterocycles. The maximum atomic E-state index is 13.1. The zero-order chi connectivity index (χ0) is 17.6. The molecule has 2 aliphatic rings. The van der Waals surface area contributed by atoms with Crippen molar-refractivity contribution in [2.24, 2.45) is 0 Å². The third-order valence-electron chi connectivity index (χ3n) is 5.15. The van der Waals surface area contributed by atoms with Crippen LogP contribution in [0.3, 0.4) is 0 Å². The lowest BCUT2D eigenvalue weighted by Gasteiger charge is -2.31. The molecule has 3 rings (SSSR count). The lowest BCUT2D eigenvalue weighted by atomic mass is 10.1. The van der Waals surface area contributed by atoms with E-state index in [1.807, 2.05) is 9.80 Å². The maximum Gasteiger partial charge on any atom is 0.254 e. The summed E-state index contributed by atoms with van der Waals surface area (Å²) in [6, 6.07) is 5.86. The molecule has 0 atom stereocenters. The molecule has 1 saturated carbocycles. The Hall–Kier alpha value is -1.95. The number of rotatable bonds is 5. The summed E-state index contributed by atoms with van der Waals surface area (Å²) >= 11 is 0. The average Bonchev–Trinajstić information content (AvgIpc) is 3.17. The Balaban J connectivity index is 1.65. The van der Waals surface area contributed by atoms with Gasteiger partial charge in [-0.3, -0.25) is 9.59 Å². The van der Waals surface area contributed by atoms with Crippen molar-refractivity contribution in [3.8, 4) is 0 Å². The summed E-state index contributed by atoms with van der Waals surface area (Å²) in [4.78, 5) is 29.0. The zero-order valence-corrected chi connectivity index (χ0v) is 14.5. The Labute approximate surface area is 148 Å². The van der Waals surface area contributed by atoms with Gasteiger partial charge in [0.25, 0.3) is 5.91 Å². The molecular weight excluding hydrogens is 321 g/mol. The highest BCUT2D eigenvalue weighted by Gasteiger charge is 2.28. The van der Waals surface area contributed by atoms with E-state index >= 15 is 0 Å². The summed E-state index contributed by atoms with van der Waals surface area (Å²) in [5.74, 6) is -0.339. The van der Waals surface area contributed by atoms with Crippen LogP contribution in [-0.2, 0) is 4.79 Å². The molecule has 0 unspecified atom stereocenters. The molecule has 5 nitrogen and oxygen atoms in total. The summed E-state index contributed by atoms with van der Waals surface area (Å²) in [6.45, 7) is 3.55. The molecule has 1 aliphatic carbocycles. The minimum atomic E-state index is -0.349. The predicted octanol–water partition coefficient (Wildman–Crippen LogP) is 2.03. The average molecular weight is 347 g/mol. The Morgan fingerprint density at radius 1 is 1.12 bits per heavy atom. The number of piperazine rings is 1. The van der Waals surface area contributed by atoms with E-state index in [-0.39, 0.29) is 23.7 Å². The van der Waals surface area contributed by atoms with Crippen LogP contribution in [0.25, 0.3) is 0 Å². The molecule has 1 saturated heterocycles. The van der Waals surface area contributed by atoms with Crippen molar-refractivity contribution >= 4 is 11.8 Å². The molecule has 25 heavy (non-hydrogen) atoms. The predicted molar refractivity (Wildman–Crippen MR) is 93.8 cm³/mol. The van der Waals surface area contributed by atoms with Crippen molar-refractivity contribution in [3.63, 3.8) is 0 Å². The second-order valence-electron chi connectivity index (χ2n) is 6.82. The van der Waals surface area contributed by atoms with Crippen molar-refractivity contribution in [2.75, 3.05) is 32.7 Å². The number of amides is 2. The molecule has 6 heteroatoms. The van der Waals surface area contributed by atoms with Crippen molar-refractivity contribution in [1.82, 2.24) is 15.1 Å². The van der Waals surface area contributed by atoms with Gasteiger partial charge in [0, 0.05) is 50.7 Å². The SMILES string of the molecule is O=C(CCN(C(=O)c1ccc(F)cc1)C1CCCC1)N1CCNCC1. The Morgan fingerprint density at radius 2 is 1.76 bits per heavy atom. The summed E-state index contributed by atoms with van der Waals surface area (Å²) in [5, 5.41) is 3.23. The van der Waals surface area contributed by atoms with E-state index in [1.54, 1.807) is 0 Å². The lowest BCUT2D eigenvalue weighted by Crippen LogP contribution is -2.48. The molecular formula is C19H26FN3O2. The van der Waals surface area contributed by atoms with Crippen LogP contribution in [0.4, 0.5) is 4.39 Å². The molecule has 1 N–H and O–H groups in total. The third-order valence-corrected chi connectivity index (χ3v) is 5.15. The zero-order valence-electron chi connectivity index (χ0n) is 14.5. The van der Waals surface area contributed by atoms with Crippen LogP contribution in [0.1, 0.15) is 42.5 Å². The molecule has 136 valence electrons. The van der Waals surface area contributed by atoms with Crippen LogP contribution >= 0.6 is 0 Å². The molecule has 2 amide bonds. The second-order valence-corrected chi connectivity index (χ2v) is 6.82. The van der Waals surface area contributed by atoms with Gasteiger partial charge in [0.2, 0.25) is 5.91 Å². The van der Waals surface area contributed by atoms with Crippen LogP contribution in [0.2, 0.25) is 0 Å². The number of benzene rings is 1. The summed E-state index contributed by atoms with van der Waals surface area (Å²) in [7, 11) is 0. The fourth-order valence-electron chi connectivity index (χ4n) is 3.71. The minimum absolute atomic E-state index is 0.0972. The van der Waals surface area contributed by atoms with Crippen LogP contribution in [0, 0.1) is 5.82 Å². The van der Waals surface area contributed by atoms with Gasteiger partial charge in [-0.15, -0.1) is 0 Å². The smallest absolute Gasteiger partial charge is 0.254 e. The number of halogens is 1. The van der Waals surface area contributed by atoms with Crippen molar-refractivity contribution in [1.29, 1.82) is 0 Å². The third kappa shape index (κ3) is 4.57. The Bertz CT molecular complexity index is 593. The van der Waals surface area contributed by atoms with Crippen molar-refractivity contribution in [3.05, 3.63) is 35.6 Å². The quantitative estimate of drug-likeness (QED) is 0.887. The first-order valence-corrected chi connectivity index (χ1v) is 9.20. The highest BCUT2D eigenvalue weighted by Crippen LogP contribution is 2.25. The number of nitrogens with one attached hydrogen (secondary N) is 1. The standard InChI is InChI=1S/C19H26FN3O2/c20-16-7-5-15(6-8-16)19(25)23(17-3-1-2-4-17)12-9-18(24)22-13-10-21-11-14-22/h5-8,17,21H,1-4,9-14H2.